The first-order valence-corrected chi connectivity index (χ1v) is 5.07. The van der Waals surface area contributed by atoms with Crippen molar-refractivity contribution in [1.29, 1.82) is 0 Å². The number of rotatable bonds is 3. The van der Waals surface area contributed by atoms with Gasteiger partial charge in [-0.1, -0.05) is 13.3 Å². The minimum absolute atomic E-state index is 0.491. The molecule has 1 aliphatic heterocycles. The largest absolute Gasteiger partial charge is 0.497 e. The Morgan fingerprint density at radius 2 is 2.29 bits per heavy atom. The fraction of sp³-hybridized carbons (Fsp3) is 0.417. The number of hydrogen-bond acceptors (Lipinski definition) is 2. The summed E-state index contributed by atoms with van der Waals surface area (Å²) in [5, 5.41) is 0. The molecule has 2 heteroatoms. The van der Waals surface area contributed by atoms with Crippen molar-refractivity contribution in [1.82, 2.24) is 0 Å². The smallest absolute Gasteiger partial charge is 0.119 e. The van der Waals surface area contributed by atoms with E-state index in [2.05, 4.69) is 18.0 Å². The maximum Gasteiger partial charge on any atom is 0.119 e. The van der Waals surface area contributed by atoms with Crippen LogP contribution in [-0.2, 0) is 0 Å². The minimum atomic E-state index is 0.491. The molecule has 0 N–H and O–H groups in total. The third-order valence-electron chi connectivity index (χ3n) is 2.63. The molecule has 0 bridgehead atoms. The van der Waals surface area contributed by atoms with Gasteiger partial charge < -0.3 is 4.74 Å². The molecule has 0 saturated carbocycles. The van der Waals surface area contributed by atoms with Gasteiger partial charge in [-0.3, -0.25) is 4.99 Å². The summed E-state index contributed by atoms with van der Waals surface area (Å²) in [4.78, 5) is 4.39. The molecule has 0 radical (unpaired) electrons. The molecule has 0 aromatic heterocycles. The molecule has 1 atom stereocenters. The number of aliphatic imine (C=N–C) groups is 1. The van der Waals surface area contributed by atoms with Crippen molar-refractivity contribution in [3.8, 4) is 5.75 Å². The van der Waals surface area contributed by atoms with Gasteiger partial charge in [0.1, 0.15) is 5.75 Å². The Morgan fingerprint density at radius 1 is 1.43 bits per heavy atom. The summed E-state index contributed by atoms with van der Waals surface area (Å²) < 4.78 is 5.21. The lowest BCUT2D eigenvalue weighted by Crippen LogP contribution is -1.95. The lowest BCUT2D eigenvalue weighted by atomic mass is 9.96. The van der Waals surface area contributed by atoms with Crippen LogP contribution >= 0.6 is 0 Å². The van der Waals surface area contributed by atoms with Crippen LogP contribution in [0.3, 0.4) is 0 Å². The van der Waals surface area contributed by atoms with Crippen LogP contribution < -0.4 is 4.74 Å². The van der Waals surface area contributed by atoms with Crippen molar-refractivity contribution < 1.29 is 4.74 Å². The van der Waals surface area contributed by atoms with Crippen molar-refractivity contribution in [2.24, 2.45) is 4.99 Å². The second kappa shape index (κ2) is 3.82. The molecule has 0 saturated heterocycles. The first kappa shape index (κ1) is 9.25. The van der Waals surface area contributed by atoms with Crippen molar-refractivity contribution in [2.45, 2.75) is 25.7 Å². The molecule has 0 amide bonds. The highest BCUT2D eigenvalue weighted by Crippen LogP contribution is 2.36. The first-order chi connectivity index (χ1) is 6.85. The van der Waals surface area contributed by atoms with Gasteiger partial charge in [-0.25, -0.2) is 0 Å². The quantitative estimate of drug-likeness (QED) is 0.715. The van der Waals surface area contributed by atoms with Crippen LogP contribution in [0, 0.1) is 0 Å². The zero-order chi connectivity index (χ0) is 9.97. The van der Waals surface area contributed by atoms with Crippen molar-refractivity contribution >= 4 is 11.9 Å². The first-order valence-electron chi connectivity index (χ1n) is 5.07. The Labute approximate surface area is 84.6 Å². The van der Waals surface area contributed by atoms with Crippen molar-refractivity contribution in [2.75, 3.05) is 7.11 Å². The molecule has 2 rings (SSSR count). The van der Waals surface area contributed by atoms with Gasteiger partial charge in [0.15, 0.2) is 0 Å². The summed E-state index contributed by atoms with van der Waals surface area (Å²) >= 11 is 0. The van der Waals surface area contributed by atoms with Crippen LogP contribution in [0.15, 0.2) is 23.2 Å². The second-order valence-electron chi connectivity index (χ2n) is 3.60. The molecule has 14 heavy (non-hydrogen) atoms. The van der Waals surface area contributed by atoms with Gasteiger partial charge in [0, 0.05) is 12.1 Å². The molecule has 1 aliphatic rings. The molecule has 74 valence electrons. The minimum Gasteiger partial charge on any atom is -0.497 e. The highest BCUT2D eigenvalue weighted by Gasteiger charge is 2.18. The standard InChI is InChI=1S/C12H15NO/c1-3-4-9-8-13-12-6-5-10(14-2)7-11(9)12/h5-9H,3-4H2,1-2H3. The highest BCUT2D eigenvalue weighted by molar-refractivity contribution is 5.81. The molecule has 1 unspecified atom stereocenters. The van der Waals surface area contributed by atoms with E-state index in [0.717, 1.165) is 11.4 Å². The Balaban J connectivity index is 2.31. The van der Waals surface area contributed by atoms with Crippen LogP contribution in [0.25, 0.3) is 0 Å². The number of methoxy groups -OCH3 is 1. The third kappa shape index (κ3) is 1.52. The SMILES string of the molecule is CCCC1C=Nc2ccc(OC)cc21. The van der Waals surface area contributed by atoms with E-state index >= 15 is 0 Å². The summed E-state index contributed by atoms with van der Waals surface area (Å²) in [6.07, 6.45) is 4.41. The normalized spacial score (nSPS) is 18.3. The molecular weight excluding hydrogens is 174 g/mol. The lowest BCUT2D eigenvalue weighted by molar-refractivity contribution is 0.414. The number of benzene rings is 1. The van der Waals surface area contributed by atoms with Crippen LogP contribution in [0.1, 0.15) is 31.2 Å². The molecule has 1 aromatic carbocycles. The van der Waals surface area contributed by atoms with Gasteiger partial charge in [0.2, 0.25) is 0 Å². The second-order valence-corrected chi connectivity index (χ2v) is 3.60. The third-order valence-corrected chi connectivity index (χ3v) is 2.63. The Hall–Kier alpha value is -1.31. The summed E-state index contributed by atoms with van der Waals surface area (Å²) in [6, 6.07) is 6.09. The van der Waals surface area contributed by atoms with E-state index in [4.69, 9.17) is 4.74 Å². The summed E-state index contributed by atoms with van der Waals surface area (Å²) in [5.41, 5.74) is 2.41. The van der Waals surface area contributed by atoms with Crippen LogP contribution in [-0.4, -0.2) is 13.3 Å². The average Bonchev–Trinajstić information content (AvgIpc) is 2.61. The van der Waals surface area contributed by atoms with Crippen LogP contribution in [0.4, 0.5) is 5.69 Å². The molecule has 0 spiro atoms. The number of ether oxygens (including phenoxy) is 1. The molecule has 0 fully saturated rings. The Kier molecular flexibility index (Phi) is 2.53. The molecule has 1 heterocycles. The average molecular weight is 189 g/mol. The fourth-order valence-electron chi connectivity index (χ4n) is 1.87. The Morgan fingerprint density at radius 3 is 3.00 bits per heavy atom. The van der Waals surface area contributed by atoms with Gasteiger partial charge in [-0.2, -0.15) is 0 Å². The molecule has 0 aliphatic carbocycles. The summed E-state index contributed by atoms with van der Waals surface area (Å²) in [7, 11) is 1.70. The van der Waals surface area contributed by atoms with E-state index in [0.29, 0.717) is 5.92 Å². The number of nitrogens with zero attached hydrogens (tertiary/aromatic N) is 1. The van der Waals surface area contributed by atoms with Crippen LogP contribution in [0.5, 0.6) is 5.75 Å². The maximum absolute atomic E-state index is 5.21. The predicted molar refractivity (Wildman–Crippen MR) is 58.8 cm³/mol. The number of fused-ring (bicyclic) bond motifs is 1. The van der Waals surface area contributed by atoms with E-state index in [1.807, 2.05) is 18.3 Å². The highest BCUT2D eigenvalue weighted by atomic mass is 16.5. The van der Waals surface area contributed by atoms with Crippen LogP contribution in [0.2, 0.25) is 0 Å². The fourth-order valence-corrected chi connectivity index (χ4v) is 1.87. The maximum atomic E-state index is 5.21. The van der Waals surface area contributed by atoms with Gasteiger partial charge in [0.25, 0.3) is 0 Å². The number of hydrogen-bond donors (Lipinski definition) is 0. The van der Waals surface area contributed by atoms with Crippen molar-refractivity contribution in [3.05, 3.63) is 23.8 Å². The van der Waals surface area contributed by atoms with E-state index in [1.165, 1.54) is 18.4 Å². The van der Waals surface area contributed by atoms with Gasteiger partial charge in [-0.05, 0) is 30.2 Å². The van der Waals surface area contributed by atoms with E-state index < -0.39 is 0 Å². The van der Waals surface area contributed by atoms with Gasteiger partial charge in [0.05, 0.1) is 12.8 Å². The monoisotopic (exact) mass is 189 g/mol. The van der Waals surface area contributed by atoms with E-state index in [9.17, 15) is 0 Å². The van der Waals surface area contributed by atoms with Gasteiger partial charge in [-0.15, -0.1) is 0 Å². The van der Waals surface area contributed by atoms with E-state index in [1.54, 1.807) is 7.11 Å². The summed E-state index contributed by atoms with van der Waals surface area (Å²) in [6.45, 7) is 2.20. The molecular formula is C12H15NO. The zero-order valence-electron chi connectivity index (χ0n) is 8.66. The molecule has 1 aromatic rings. The Bertz CT molecular complexity index is 357. The van der Waals surface area contributed by atoms with Crippen molar-refractivity contribution in [3.63, 3.8) is 0 Å². The van der Waals surface area contributed by atoms with Gasteiger partial charge >= 0.3 is 0 Å². The summed E-state index contributed by atoms with van der Waals surface area (Å²) in [5.74, 6) is 1.42. The molecule has 2 nitrogen and oxygen atoms in total. The lowest BCUT2D eigenvalue weighted by Gasteiger charge is -2.08. The topological polar surface area (TPSA) is 21.6 Å². The van der Waals surface area contributed by atoms with E-state index in [-0.39, 0.29) is 0 Å². The predicted octanol–water partition coefficient (Wildman–Crippen LogP) is 3.29. The zero-order valence-corrected chi connectivity index (χ0v) is 8.66.